The number of para-hydroxylation sites is 2. The SMILES string of the molecule is CNC(=O)c1ccc(NCCOc2ccccc2N)nn1. The second kappa shape index (κ2) is 7.09. The highest BCUT2D eigenvalue weighted by atomic mass is 16.5. The molecule has 0 aliphatic rings. The van der Waals surface area contributed by atoms with E-state index >= 15 is 0 Å². The van der Waals surface area contributed by atoms with Crippen molar-refractivity contribution in [1.82, 2.24) is 15.5 Å². The first-order chi connectivity index (χ1) is 10.2. The number of anilines is 2. The van der Waals surface area contributed by atoms with Gasteiger partial charge in [-0.05, 0) is 24.3 Å². The summed E-state index contributed by atoms with van der Waals surface area (Å²) in [5.74, 6) is 0.963. The maximum Gasteiger partial charge on any atom is 0.271 e. The number of nitrogens with two attached hydrogens (primary N) is 1. The lowest BCUT2D eigenvalue weighted by Crippen LogP contribution is -2.20. The smallest absolute Gasteiger partial charge is 0.271 e. The van der Waals surface area contributed by atoms with E-state index in [0.717, 1.165) is 0 Å². The Labute approximate surface area is 122 Å². The van der Waals surface area contributed by atoms with Crippen LogP contribution in [0, 0.1) is 0 Å². The molecule has 7 heteroatoms. The Hall–Kier alpha value is -2.83. The van der Waals surface area contributed by atoms with Crippen molar-refractivity contribution in [1.29, 1.82) is 0 Å². The molecular formula is C14H17N5O2. The van der Waals surface area contributed by atoms with Gasteiger partial charge in [-0.1, -0.05) is 12.1 Å². The fourth-order valence-electron chi connectivity index (χ4n) is 1.63. The van der Waals surface area contributed by atoms with Gasteiger partial charge in [-0.3, -0.25) is 4.79 Å². The van der Waals surface area contributed by atoms with E-state index in [1.165, 1.54) is 0 Å². The molecule has 1 heterocycles. The van der Waals surface area contributed by atoms with Gasteiger partial charge in [0.1, 0.15) is 18.2 Å². The minimum absolute atomic E-state index is 0.267. The number of nitrogen functional groups attached to an aromatic ring is 1. The lowest BCUT2D eigenvalue weighted by atomic mass is 10.3. The number of hydrogen-bond donors (Lipinski definition) is 3. The molecule has 2 aromatic rings. The van der Waals surface area contributed by atoms with Gasteiger partial charge in [0.05, 0.1) is 12.2 Å². The highest BCUT2D eigenvalue weighted by Crippen LogP contribution is 2.19. The number of aromatic nitrogens is 2. The summed E-state index contributed by atoms with van der Waals surface area (Å²) in [5.41, 5.74) is 6.64. The van der Waals surface area contributed by atoms with Crippen LogP contribution in [0.1, 0.15) is 10.5 Å². The molecule has 21 heavy (non-hydrogen) atoms. The Morgan fingerprint density at radius 2 is 2.05 bits per heavy atom. The lowest BCUT2D eigenvalue weighted by Gasteiger charge is -2.09. The number of rotatable bonds is 6. The van der Waals surface area contributed by atoms with Gasteiger partial charge in [0.25, 0.3) is 5.91 Å². The monoisotopic (exact) mass is 287 g/mol. The summed E-state index contributed by atoms with van der Waals surface area (Å²) in [6.07, 6.45) is 0. The first kappa shape index (κ1) is 14.6. The Bertz CT molecular complexity index is 601. The van der Waals surface area contributed by atoms with Crippen LogP contribution in [0.4, 0.5) is 11.5 Å². The number of carbonyl (C=O) groups excluding carboxylic acids is 1. The highest BCUT2D eigenvalue weighted by Gasteiger charge is 2.05. The van der Waals surface area contributed by atoms with Crippen LogP contribution in [0.3, 0.4) is 0 Å². The minimum atomic E-state index is -0.267. The third-order valence-corrected chi connectivity index (χ3v) is 2.71. The molecule has 110 valence electrons. The lowest BCUT2D eigenvalue weighted by molar-refractivity contribution is 0.0957. The van der Waals surface area contributed by atoms with Crippen LogP contribution in [-0.4, -0.2) is 36.3 Å². The van der Waals surface area contributed by atoms with Crippen LogP contribution in [0.15, 0.2) is 36.4 Å². The molecule has 0 saturated carbocycles. The van der Waals surface area contributed by atoms with Crippen LogP contribution < -0.4 is 21.1 Å². The number of carbonyl (C=O) groups is 1. The molecule has 0 aliphatic heterocycles. The number of nitrogens with zero attached hydrogens (tertiary/aromatic N) is 2. The number of amides is 1. The summed E-state index contributed by atoms with van der Waals surface area (Å²) in [5, 5.41) is 13.3. The fourth-order valence-corrected chi connectivity index (χ4v) is 1.63. The van der Waals surface area contributed by atoms with E-state index in [-0.39, 0.29) is 11.6 Å². The maximum absolute atomic E-state index is 11.3. The van der Waals surface area contributed by atoms with Gasteiger partial charge in [-0.15, -0.1) is 10.2 Å². The van der Waals surface area contributed by atoms with Crippen molar-refractivity contribution in [2.24, 2.45) is 0 Å². The molecule has 1 aromatic carbocycles. The normalized spacial score (nSPS) is 9.95. The van der Waals surface area contributed by atoms with Gasteiger partial charge in [0.2, 0.25) is 0 Å². The molecule has 2 rings (SSSR count). The highest BCUT2D eigenvalue weighted by molar-refractivity contribution is 5.91. The Balaban J connectivity index is 1.79. The van der Waals surface area contributed by atoms with Crippen LogP contribution >= 0.6 is 0 Å². The van der Waals surface area contributed by atoms with Gasteiger partial charge in [-0.25, -0.2) is 0 Å². The quantitative estimate of drug-likeness (QED) is 0.539. The summed E-state index contributed by atoms with van der Waals surface area (Å²) < 4.78 is 5.54. The molecule has 0 spiro atoms. The topological polar surface area (TPSA) is 102 Å². The zero-order valence-corrected chi connectivity index (χ0v) is 11.7. The fraction of sp³-hybridized carbons (Fsp3) is 0.214. The average Bonchev–Trinajstić information content (AvgIpc) is 2.53. The molecule has 7 nitrogen and oxygen atoms in total. The second-order valence-corrected chi connectivity index (χ2v) is 4.20. The summed E-state index contributed by atoms with van der Waals surface area (Å²) in [7, 11) is 1.54. The molecule has 1 amide bonds. The summed E-state index contributed by atoms with van der Waals surface area (Å²) in [6.45, 7) is 0.982. The second-order valence-electron chi connectivity index (χ2n) is 4.20. The zero-order chi connectivity index (χ0) is 15.1. The summed E-state index contributed by atoms with van der Waals surface area (Å²) in [6, 6.07) is 10.6. The van der Waals surface area contributed by atoms with E-state index in [4.69, 9.17) is 10.5 Å². The molecule has 0 radical (unpaired) electrons. The van der Waals surface area contributed by atoms with E-state index in [9.17, 15) is 4.79 Å². The first-order valence-corrected chi connectivity index (χ1v) is 6.47. The van der Waals surface area contributed by atoms with Gasteiger partial charge >= 0.3 is 0 Å². The number of benzene rings is 1. The summed E-state index contributed by atoms with van der Waals surface area (Å²) >= 11 is 0. The van der Waals surface area contributed by atoms with Crippen molar-refractivity contribution in [3.63, 3.8) is 0 Å². The average molecular weight is 287 g/mol. The third kappa shape index (κ3) is 4.07. The Morgan fingerprint density at radius 3 is 2.71 bits per heavy atom. The van der Waals surface area contributed by atoms with E-state index in [1.807, 2.05) is 18.2 Å². The third-order valence-electron chi connectivity index (χ3n) is 2.71. The molecule has 1 aromatic heterocycles. The van der Waals surface area contributed by atoms with E-state index in [2.05, 4.69) is 20.8 Å². The molecule has 0 saturated heterocycles. The van der Waals surface area contributed by atoms with Crippen molar-refractivity contribution in [2.75, 3.05) is 31.2 Å². The Morgan fingerprint density at radius 1 is 1.24 bits per heavy atom. The minimum Gasteiger partial charge on any atom is -0.490 e. The molecule has 0 aliphatic carbocycles. The molecule has 0 unspecified atom stereocenters. The van der Waals surface area contributed by atoms with Crippen LogP contribution in [0.25, 0.3) is 0 Å². The van der Waals surface area contributed by atoms with Crippen LogP contribution in [-0.2, 0) is 0 Å². The van der Waals surface area contributed by atoms with Gasteiger partial charge in [0.15, 0.2) is 5.69 Å². The van der Waals surface area contributed by atoms with Crippen molar-refractivity contribution in [2.45, 2.75) is 0 Å². The van der Waals surface area contributed by atoms with Crippen molar-refractivity contribution >= 4 is 17.4 Å². The van der Waals surface area contributed by atoms with Crippen molar-refractivity contribution in [3.05, 3.63) is 42.1 Å². The predicted molar refractivity (Wildman–Crippen MR) is 80.3 cm³/mol. The van der Waals surface area contributed by atoms with Gasteiger partial charge in [0, 0.05) is 7.05 Å². The van der Waals surface area contributed by atoms with Crippen LogP contribution in [0.5, 0.6) is 5.75 Å². The standard InChI is InChI=1S/C14H17N5O2/c1-16-14(20)11-6-7-13(19-18-11)17-8-9-21-12-5-3-2-4-10(12)15/h2-7H,8-9,15H2,1H3,(H,16,20)(H,17,19). The van der Waals surface area contributed by atoms with E-state index in [0.29, 0.717) is 30.4 Å². The van der Waals surface area contributed by atoms with Gasteiger partial charge in [-0.2, -0.15) is 0 Å². The molecule has 0 bridgehead atoms. The van der Waals surface area contributed by atoms with E-state index in [1.54, 1.807) is 25.2 Å². The molecule has 0 atom stereocenters. The number of ether oxygens (including phenoxy) is 1. The summed E-state index contributed by atoms with van der Waals surface area (Å²) in [4.78, 5) is 11.3. The van der Waals surface area contributed by atoms with E-state index < -0.39 is 0 Å². The molecule has 4 N–H and O–H groups in total. The van der Waals surface area contributed by atoms with Crippen LogP contribution in [0.2, 0.25) is 0 Å². The number of nitrogens with one attached hydrogen (secondary N) is 2. The van der Waals surface area contributed by atoms with Crippen molar-refractivity contribution in [3.8, 4) is 5.75 Å². The largest absolute Gasteiger partial charge is 0.490 e. The van der Waals surface area contributed by atoms with Crippen molar-refractivity contribution < 1.29 is 9.53 Å². The maximum atomic E-state index is 11.3. The molecular weight excluding hydrogens is 270 g/mol. The first-order valence-electron chi connectivity index (χ1n) is 6.47. The number of hydrogen-bond acceptors (Lipinski definition) is 6. The predicted octanol–water partition coefficient (Wildman–Crippen LogP) is 0.909. The zero-order valence-electron chi connectivity index (χ0n) is 11.7. The molecule has 0 fully saturated rings. The van der Waals surface area contributed by atoms with Gasteiger partial charge < -0.3 is 21.1 Å². The Kier molecular flexibility index (Phi) is 4.92.